The minimum absolute atomic E-state index is 0. The van der Waals surface area contributed by atoms with Gasteiger partial charge < -0.3 is 5.73 Å². The van der Waals surface area contributed by atoms with Crippen LogP contribution in [0.15, 0.2) is 67.1 Å². The fraction of sp³-hybridized carbons (Fsp3) is 0.211. The SMILES string of the molecule is Cl.NCc1ccc(CN(Cc2ccccn2)Cc2ccccn2)nc1. The van der Waals surface area contributed by atoms with Crippen LogP contribution in [0.3, 0.4) is 0 Å². The van der Waals surface area contributed by atoms with Crippen molar-refractivity contribution in [2.45, 2.75) is 26.2 Å². The van der Waals surface area contributed by atoms with Gasteiger partial charge in [-0.3, -0.25) is 19.9 Å². The van der Waals surface area contributed by atoms with Crippen LogP contribution in [0, 0.1) is 0 Å². The molecule has 3 rings (SSSR count). The third-order valence-electron chi connectivity index (χ3n) is 3.73. The highest BCUT2D eigenvalue weighted by Crippen LogP contribution is 2.11. The van der Waals surface area contributed by atoms with Gasteiger partial charge in [-0.05, 0) is 35.9 Å². The fourth-order valence-electron chi connectivity index (χ4n) is 2.51. The van der Waals surface area contributed by atoms with E-state index in [0.717, 1.165) is 42.3 Å². The number of rotatable bonds is 7. The van der Waals surface area contributed by atoms with Gasteiger partial charge in [-0.2, -0.15) is 0 Å². The highest BCUT2D eigenvalue weighted by atomic mass is 35.5. The summed E-state index contributed by atoms with van der Waals surface area (Å²) < 4.78 is 0. The van der Waals surface area contributed by atoms with Gasteiger partial charge in [-0.25, -0.2) is 0 Å². The van der Waals surface area contributed by atoms with Gasteiger partial charge in [0, 0.05) is 44.8 Å². The van der Waals surface area contributed by atoms with E-state index in [9.17, 15) is 0 Å². The van der Waals surface area contributed by atoms with Crippen molar-refractivity contribution in [2.24, 2.45) is 5.73 Å². The Kier molecular flexibility index (Phi) is 7.47. The highest BCUT2D eigenvalue weighted by molar-refractivity contribution is 5.85. The van der Waals surface area contributed by atoms with Gasteiger partial charge in [0.05, 0.1) is 17.1 Å². The van der Waals surface area contributed by atoms with Crippen molar-refractivity contribution in [3.8, 4) is 0 Å². The number of nitrogens with two attached hydrogens (primary N) is 1. The summed E-state index contributed by atoms with van der Waals surface area (Å²) in [7, 11) is 0. The molecule has 3 heterocycles. The molecule has 0 radical (unpaired) electrons. The zero-order chi connectivity index (χ0) is 16.6. The topological polar surface area (TPSA) is 67.9 Å². The number of nitrogens with zero attached hydrogens (tertiary/aromatic N) is 4. The second-order valence-electron chi connectivity index (χ2n) is 5.65. The molecule has 5 nitrogen and oxygen atoms in total. The van der Waals surface area contributed by atoms with Crippen molar-refractivity contribution in [3.63, 3.8) is 0 Å². The second-order valence-corrected chi connectivity index (χ2v) is 5.65. The molecule has 130 valence electrons. The van der Waals surface area contributed by atoms with Crippen LogP contribution >= 0.6 is 12.4 Å². The number of aromatic nitrogens is 3. The smallest absolute Gasteiger partial charge is 0.0544 e. The second kappa shape index (κ2) is 9.84. The molecule has 0 saturated heterocycles. The number of halogens is 1. The van der Waals surface area contributed by atoms with Crippen molar-refractivity contribution in [3.05, 3.63) is 89.8 Å². The fourth-order valence-corrected chi connectivity index (χ4v) is 2.51. The standard InChI is InChI=1S/C19H21N5.ClH/c20-11-16-7-8-19(23-12-16)15-24(13-17-5-1-3-9-21-17)14-18-6-2-4-10-22-18;/h1-10,12H,11,13-15,20H2;1H. The van der Waals surface area contributed by atoms with E-state index in [1.165, 1.54) is 0 Å². The monoisotopic (exact) mass is 355 g/mol. The van der Waals surface area contributed by atoms with Gasteiger partial charge in [0.25, 0.3) is 0 Å². The van der Waals surface area contributed by atoms with E-state index in [2.05, 4.69) is 19.9 Å². The Hall–Kier alpha value is -2.34. The van der Waals surface area contributed by atoms with Crippen LogP contribution < -0.4 is 5.73 Å². The van der Waals surface area contributed by atoms with E-state index in [4.69, 9.17) is 5.73 Å². The lowest BCUT2D eigenvalue weighted by Gasteiger charge is -2.21. The number of pyridine rings is 3. The van der Waals surface area contributed by atoms with Crippen LogP contribution in [0.25, 0.3) is 0 Å². The van der Waals surface area contributed by atoms with E-state index in [-0.39, 0.29) is 12.4 Å². The average molecular weight is 356 g/mol. The zero-order valence-electron chi connectivity index (χ0n) is 14.0. The summed E-state index contributed by atoms with van der Waals surface area (Å²) in [5.74, 6) is 0. The molecular formula is C19H22ClN5. The first kappa shape index (κ1) is 19.0. The molecule has 0 unspecified atom stereocenters. The maximum absolute atomic E-state index is 5.64. The Balaban J connectivity index is 0.00000225. The minimum Gasteiger partial charge on any atom is -0.326 e. The van der Waals surface area contributed by atoms with Crippen molar-refractivity contribution < 1.29 is 0 Å². The summed E-state index contributed by atoms with van der Waals surface area (Å²) in [5.41, 5.74) is 9.76. The Morgan fingerprint density at radius 2 is 1.28 bits per heavy atom. The molecule has 0 spiro atoms. The molecule has 0 bridgehead atoms. The van der Waals surface area contributed by atoms with Gasteiger partial charge in [0.2, 0.25) is 0 Å². The van der Waals surface area contributed by atoms with Crippen molar-refractivity contribution in [2.75, 3.05) is 0 Å². The van der Waals surface area contributed by atoms with E-state index >= 15 is 0 Å². The highest BCUT2D eigenvalue weighted by Gasteiger charge is 2.10. The summed E-state index contributed by atoms with van der Waals surface area (Å²) in [6.45, 7) is 2.74. The molecule has 6 heteroatoms. The maximum Gasteiger partial charge on any atom is 0.0544 e. The summed E-state index contributed by atoms with van der Waals surface area (Å²) >= 11 is 0. The van der Waals surface area contributed by atoms with Crippen molar-refractivity contribution in [1.82, 2.24) is 19.9 Å². The van der Waals surface area contributed by atoms with Crippen LogP contribution in [0.1, 0.15) is 22.6 Å². The van der Waals surface area contributed by atoms with E-state index in [1.807, 2.05) is 67.1 Å². The molecule has 25 heavy (non-hydrogen) atoms. The van der Waals surface area contributed by atoms with Crippen LogP contribution in [0.4, 0.5) is 0 Å². The summed E-state index contributed by atoms with van der Waals surface area (Å²) in [6.07, 6.45) is 5.49. The summed E-state index contributed by atoms with van der Waals surface area (Å²) in [4.78, 5) is 15.7. The van der Waals surface area contributed by atoms with Crippen molar-refractivity contribution >= 4 is 12.4 Å². The first-order valence-corrected chi connectivity index (χ1v) is 7.99. The van der Waals surface area contributed by atoms with Gasteiger partial charge >= 0.3 is 0 Å². The molecule has 3 aromatic heterocycles. The zero-order valence-corrected chi connectivity index (χ0v) is 14.8. The molecule has 0 fully saturated rings. The van der Waals surface area contributed by atoms with Gasteiger partial charge in [-0.15, -0.1) is 12.4 Å². The summed E-state index contributed by atoms with van der Waals surface area (Å²) in [6, 6.07) is 16.0. The Labute approximate surface area is 154 Å². The van der Waals surface area contributed by atoms with Gasteiger partial charge in [-0.1, -0.05) is 18.2 Å². The van der Waals surface area contributed by atoms with Gasteiger partial charge in [0.15, 0.2) is 0 Å². The predicted molar refractivity (Wildman–Crippen MR) is 101 cm³/mol. The molecule has 0 saturated carbocycles. The van der Waals surface area contributed by atoms with E-state index in [1.54, 1.807) is 0 Å². The van der Waals surface area contributed by atoms with Crippen molar-refractivity contribution in [1.29, 1.82) is 0 Å². The predicted octanol–water partition coefficient (Wildman–Crippen LogP) is 2.95. The molecule has 0 aliphatic carbocycles. The molecular weight excluding hydrogens is 334 g/mol. The third kappa shape index (κ3) is 5.90. The normalized spacial score (nSPS) is 10.5. The minimum atomic E-state index is 0. The first-order chi connectivity index (χ1) is 11.8. The van der Waals surface area contributed by atoms with Crippen LogP contribution in [-0.2, 0) is 26.2 Å². The molecule has 0 aromatic carbocycles. The molecule has 0 aliphatic heterocycles. The molecule has 2 N–H and O–H groups in total. The van der Waals surface area contributed by atoms with E-state index < -0.39 is 0 Å². The molecule has 3 aromatic rings. The Morgan fingerprint density at radius 3 is 1.68 bits per heavy atom. The first-order valence-electron chi connectivity index (χ1n) is 7.99. The largest absolute Gasteiger partial charge is 0.326 e. The van der Waals surface area contributed by atoms with Gasteiger partial charge in [0.1, 0.15) is 0 Å². The van der Waals surface area contributed by atoms with Crippen LogP contribution in [0.5, 0.6) is 0 Å². The lowest BCUT2D eigenvalue weighted by Crippen LogP contribution is -2.24. The summed E-state index contributed by atoms with van der Waals surface area (Å²) in [5, 5.41) is 0. The average Bonchev–Trinajstić information content (AvgIpc) is 2.64. The van der Waals surface area contributed by atoms with E-state index in [0.29, 0.717) is 6.54 Å². The lowest BCUT2D eigenvalue weighted by atomic mass is 10.2. The maximum atomic E-state index is 5.64. The molecule has 0 amide bonds. The Bertz CT molecular complexity index is 693. The third-order valence-corrected chi connectivity index (χ3v) is 3.73. The van der Waals surface area contributed by atoms with Crippen LogP contribution in [-0.4, -0.2) is 19.9 Å². The Morgan fingerprint density at radius 1 is 0.720 bits per heavy atom. The quantitative estimate of drug-likeness (QED) is 0.705. The lowest BCUT2D eigenvalue weighted by molar-refractivity contribution is 0.239. The number of hydrogen-bond acceptors (Lipinski definition) is 5. The number of hydrogen-bond donors (Lipinski definition) is 1. The molecule has 0 atom stereocenters. The molecule has 0 aliphatic rings. The van der Waals surface area contributed by atoms with Crippen LogP contribution in [0.2, 0.25) is 0 Å².